The van der Waals surface area contributed by atoms with Crippen molar-refractivity contribution >= 4 is 50.8 Å². The van der Waals surface area contributed by atoms with Gasteiger partial charge in [-0.3, -0.25) is 24.5 Å². The standard InChI is InChI=1S/C18H16BrN3O6/c19-12-4-6-13(7-5-12)20-17(24)11-28-18(25)9-8-16(23)21-14-2-1-3-15(10-14)22(26)27/h1-7,10H,8-9,11H2,(H,20,24)(H,21,23). The fraction of sp³-hybridized carbons (Fsp3) is 0.167. The predicted molar refractivity (Wildman–Crippen MR) is 105 cm³/mol. The highest BCUT2D eigenvalue weighted by Gasteiger charge is 2.12. The average molecular weight is 450 g/mol. The molecule has 0 aliphatic rings. The number of esters is 1. The zero-order valence-corrected chi connectivity index (χ0v) is 16.1. The van der Waals surface area contributed by atoms with Crippen molar-refractivity contribution in [3.63, 3.8) is 0 Å². The smallest absolute Gasteiger partial charge is 0.306 e. The normalized spacial score (nSPS) is 10.0. The zero-order chi connectivity index (χ0) is 20.5. The summed E-state index contributed by atoms with van der Waals surface area (Å²) in [6.45, 7) is -0.471. The van der Waals surface area contributed by atoms with Crippen LogP contribution < -0.4 is 10.6 Å². The van der Waals surface area contributed by atoms with Crippen LogP contribution in [0.3, 0.4) is 0 Å². The first-order valence-electron chi connectivity index (χ1n) is 8.09. The van der Waals surface area contributed by atoms with Gasteiger partial charge < -0.3 is 15.4 Å². The summed E-state index contributed by atoms with van der Waals surface area (Å²) >= 11 is 3.28. The lowest BCUT2D eigenvalue weighted by Crippen LogP contribution is -2.21. The Morgan fingerprint density at radius 2 is 1.64 bits per heavy atom. The molecule has 2 amide bonds. The van der Waals surface area contributed by atoms with E-state index in [-0.39, 0.29) is 24.2 Å². The first-order chi connectivity index (χ1) is 13.3. The molecule has 0 saturated carbocycles. The van der Waals surface area contributed by atoms with Gasteiger partial charge in [-0.1, -0.05) is 22.0 Å². The lowest BCUT2D eigenvalue weighted by molar-refractivity contribution is -0.384. The Morgan fingerprint density at radius 1 is 0.964 bits per heavy atom. The summed E-state index contributed by atoms with van der Waals surface area (Å²) < 4.78 is 5.68. The molecule has 2 rings (SSSR count). The highest BCUT2D eigenvalue weighted by atomic mass is 79.9. The van der Waals surface area contributed by atoms with E-state index in [4.69, 9.17) is 4.74 Å². The predicted octanol–water partition coefficient (Wildman–Crippen LogP) is 3.26. The van der Waals surface area contributed by atoms with Crippen LogP contribution in [0.15, 0.2) is 53.0 Å². The van der Waals surface area contributed by atoms with Crippen molar-refractivity contribution < 1.29 is 24.0 Å². The van der Waals surface area contributed by atoms with Gasteiger partial charge >= 0.3 is 5.97 Å². The molecule has 28 heavy (non-hydrogen) atoms. The zero-order valence-electron chi connectivity index (χ0n) is 14.5. The van der Waals surface area contributed by atoms with E-state index in [9.17, 15) is 24.5 Å². The molecule has 0 bridgehead atoms. The molecular formula is C18H16BrN3O6. The number of anilines is 2. The summed E-state index contributed by atoms with van der Waals surface area (Å²) in [5, 5.41) is 15.7. The molecule has 0 atom stereocenters. The van der Waals surface area contributed by atoms with Crippen molar-refractivity contribution in [1.29, 1.82) is 0 Å². The molecule has 0 aromatic heterocycles. The van der Waals surface area contributed by atoms with Crippen LogP contribution >= 0.6 is 15.9 Å². The third-order valence-electron chi connectivity index (χ3n) is 3.39. The third-order valence-corrected chi connectivity index (χ3v) is 3.92. The number of hydrogen-bond donors (Lipinski definition) is 2. The minimum Gasteiger partial charge on any atom is -0.456 e. The van der Waals surface area contributed by atoms with E-state index in [0.717, 1.165) is 4.47 Å². The van der Waals surface area contributed by atoms with E-state index in [1.807, 2.05) is 0 Å². The van der Waals surface area contributed by atoms with Gasteiger partial charge in [0.1, 0.15) is 0 Å². The van der Waals surface area contributed by atoms with Crippen LogP contribution in [0.1, 0.15) is 12.8 Å². The largest absolute Gasteiger partial charge is 0.456 e. The summed E-state index contributed by atoms with van der Waals surface area (Å²) in [6, 6.07) is 12.3. The molecule has 2 aromatic carbocycles. The molecule has 146 valence electrons. The highest BCUT2D eigenvalue weighted by Crippen LogP contribution is 2.17. The van der Waals surface area contributed by atoms with E-state index in [1.165, 1.54) is 24.3 Å². The van der Waals surface area contributed by atoms with E-state index < -0.39 is 29.3 Å². The summed E-state index contributed by atoms with van der Waals surface area (Å²) in [4.78, 5) is 45.4. The second kappa shape index (κ2) is 10.2. The number of carbonyl (C=O) groups is 3. The number of non-ortho nitro benzene ring substituents is 1. The van der Waals surface area contributed by atoms with Crippen LogP contribution in [0.5, 0.6) is 0 Å². The number of carbonyl (C=O) groups excluding carboxylic acids is 3. The number of hydrogen-bond acceptors (Lipinski definition) is 6. The average Bonchev–Trinajstić information content (AvgIpc) is 2.66. The van der Waals surface area contributed by atoms with Crippen molar-refractivity contribution in [3.05, 3.63) is 63.1 Å². The quantitative estimate of drug-likeness (QED) is 0.361. The molecule has 0 radical (unpaired) electrons. The molecule has 0 fully saturated rings. The van der Waals surface area contributed by atoms with Crippen molar-refractivity contribution in [1.82, 2.24) is 0 Å². The van der Waals surface area contributed by atoms with Crippen molar-refractivity contribution in [2.75, 3.05) is 17.2 Å². The van der Waals surface area contributed by atoms with Gasteiger partial charge in [-0.05, 0) is 30.3 Å². The van der Waals surface area contributed by atoms with Gasteiger partial charge in [0.25, 0.3) is 11.6 Å². The Bertz CT molecular complexity index is 885. The van der Waals surface area contributed by atoms with E-state index >= 15 is 0 Å². The van der Waals surface area contributed by atoms with Gasteiger partial charge in [-0.25, -0.2) is 0 Å². The molecular weight excluding hydrogens is 434 g/mol. The summed E-state index contributed by atoms with van der Waals surface area (Å²) in [7, 11) is 0. The van der Waals surface area contributed by atoms with Crippen LogP contribution in [0.25, 0.3) is 0 Å². The van der Waals surface area contributed by atoms with E-state index in [2.05, 4.69) is 26.6 Å². The van der Waals surface area contributed by atoms with Crippen LogP contribution in [0.4, 0.5) is 17.1 Å². The molecule has 10 heteroatoms. The highest BCUT2D eigenvalue weighted by molar-refractivity contribution is 9.10. The number of rotatable bonds is 8. The monoisotopic (exact) mass is 449 g/mol. The summed E-state index contributed by atoms with van der Waals surface area (Å²) in [5.41, 5.74) is 0.649. The second-order valence-electron chi connectivity index (χ2n) is 5.57. The van der Waals surface area contributed by atoms with Crippen LogP contribution in [-0.4, -0.2) is 29.3 Å². The number of nitrogens with one attached hydrogen (secondary N) is 2. The minimum absolute atomic E-state index is 0.158. The maximum absolute atomic E-state index is 11.8. The number of nitrogens with zero attached hydrogens (tertiary/aromatic N) is 1. The number of ether oxygens (including phenoxy) is 1. The van der Waals surface area contributed by atoms with Crippen LogP contribution in [0, 0.1) is 10.1 Å². The number of amides is 2. The number of nitro benzene ring substituents is 1. The van der Waals surface area contributed by atoms with E-state index in [1.54, 1.807) is 24.3 Å². The Labute approximate surface area is 168 Å². The van der Waals surface area contributed by atoms with Crippen molar-refractivity contribution in [2.24, 2.45) is 0 Å². The number of halogens is 1. The van der Waals surface area contributed by atoms with Gasteiger partial charge in [0.15, 0.2) is 6.61 Å². The molecule has 9 nitrogen and oxygen atoms in total. The SMILES string of the molecule is O=C(CCC(=O)OCC(=O)Nc1ccc(Br)cc1)Nc1cccc([N+](=O)[O-])c1. The van der Waals surface area contributed by atoms with Gasteiger partial charge in [-0.15, -0.1) is 0 Å². The first-order valence-corrected chi connectivity index (χ1v) is 8.88. The summed E-state index contributed by atoms with van der Waals surface area (Å²) in [5.74, 6) is -1.71. The number of nitro groups is 1. The molecule has 0 aliphatic heterocycles. The summed E-state index contributed by atoms with van der Waals surface area (Å²) in [6.07, 6.45) is -0.415. The Hall–Kier alpha value is -3.27. The number of benzene rings is 2. The molecule has 0 aliphatic carbocycles. The molecule has 0 spiro atoms. The topological polar surface area (TPSA) is 128 Å². The maximum Gasteiger partial charge on any atom is 0.306 e. The van der Waals surface area contributed by atoms with Gasteiger partial charge in [0, 0.05) is 34.4 Å². The second-order valence-corrected chi connectivity index (χ2v) is 6.49. The van der Waals surface area contributed by atoms with Crippen molar-refractivity contribution in [3.8, 4) is 0 Å². The van der Waals surface area contributed by atoms with E-state index in [0.29, 0.717) is 5.69 Å². The van der Waals surface area contributed by atoms with Crippen LogP contribution in [-0.2, 0) is 19.1 Å². The molecule has 2 aromatic rings. The molecule has 0 saturated heterocycles. The lowest BCUT2D eigenvalue weighted by Gasteiger charge is -2.07. The lowest BCUT2D eigenvalue weighted by atomic mass is 10.2. The fourth-order valence-electron chi connectivity index (χ4n) is 2.08. The minimum atomic E-state index is -0.708. The Kier molecular flexibility index (Phi) is 7.64. The van der Waals surface area contributed by atoms with Crippen LogP contribution in [0.2, 0.25) is 0 Å². The van der Waals surface area contributed by atoms with Crippen molar-refractivity contribution in [2.45, 2.75) is 12.8 Å². The third kappa shape index (κ3) is 7.16. The van der Waals surface area contributed by atoms with Gasteiger partial charge in [0.2, 0.25) is 5.91 Å². The first kappa shape index (κ1) is 21.0. The Morgan fingerprint density at radius 3 is 2.32 bits per heavy atom. The fourth-order valence-corrected chi connectivity index (χ4v) is 2.35. The maximum atomic E-state index is 11.8. The molecule has 0 heterocycles. The van der Waals surface area contributed by atoms with Gasteiger partial charge in [0.05, 0.1) is 11.3 Å². The Balaban J connectivity index is 1.70. The molecule has 2 N–H and O–H groups in total. The molecule has 0 unspecified atom stereocenters. The van der Waals surface area contributed by atoms with Gasteiger partial charge in [-0.2, -0.15) is 0 Å².